The van der Waals surface area contributed by atoms with E-state index in [1.807, 2.05) is 0 Å². The molecule has 0 aliphatic heterocycles. The van der Waals surface area contributed by atoms with Gasteiger partial charge in [-0.3, -0.25) is 0 Å². The first-order valence-electron chi connectivity index (χ1n) is 0.577. The van der Waals surface area contributed by atoms with Crippen LogP contribution in [0.15, 0.2) is 0 Å². The van der Waals surface area contributed by atoms with E-state index in [-0.39, 0.29) is 39.7 Å². The van der Waals surface area contributed by atoms with Crippen LogP contribution >= 0.6 is 0 Å². The van der Waals surface area contributed by atoms with Gasteiger partial charge in [0.05, 0.1) is 0 Å². The molecule has 0 unspecified atom stereocenters. The zero-order chi connectivity index (χ0) is 2.00. The van der Waals surface area contributed by atoms with E-state index in [1.54, 1.807) is 0 Å². The number of rotatable bonds is 0. The standard InChI is InChI=1S/Ag.Al.H3Si.Sn.4H/h;;1H3;;;;;. The SMILES string of the molecule is [Ag].[AlH3].[SiH3][SnH]. The van der Waals surface area contributed by atoms with E-state index >= 15 is 0 Å². The van der Waals surface area contributed by atoms with Crippen LogP contribution in [0.4, 0.5) is 0 Å². The third kappa shape index (κ3) is 8.86. The molecule has 0 fully saturated rings. The summed E-state index contributed by atoms with van der Waals surface area (Å²) in [4.78, 5) is 0. The summed E-state index contributed by atoms with van der Waals surface area (Å²) in [6.07, 6.45) is 0. The Morgan fingerprint density at radius 1 is 1.25 bits per heavy atom. The first-order valence-corrected chi connectivity index (χ1v) is 11.6. The Balaban J connectivity index is -0.00000000500. The summed E-state index contributed by atoms with van der Waals surface area (Å²) in [5, 5.41) is 0. The van der Waals surface area contributed by atoms with Gasteiger partial charge in [-0.1, -0.05) is 0 Å². The number of hydrogen-bond donors (Lipinski definition) is 0. The van der Waals surface area contributed by atoms with E-state index in [0.717, 1.165) is 0 Å². The molecule has 0 aromatic rings. The second kappa shape index (κ2) is 18.6. The van der Waals surface area contributed by atoms with E-state index < -0.39 is 0 Å². The van der Waals surface area contributed by atoms with E-state index in [1.165, 1.54) is 29.5 Å². The second-order valence-corrected chi connectivity index (χ2v) is 0. The van der Waals surface area contributed by atoms with Crippen molar-refractivity contribution in [2.75, 3.05) is 0 Å². The molecule has 0 amide bonds. The number of hydrogen-bond acceptors (Lipinski definition) is 0. The molecule has 0 nitrogen and oxygen atoms in total. The van der Waals surface area contributed by atoms with E-state index in [0.29, 0.717) is 0 Å². The molecule has 0 saturated carbocycles. The third-order valence-electron chi connectivity index (χ3n) is 0. The van der Waals surface area contributed by atoms with Crippen LogP contribution in [0.1, 0.15) is 0 Å². The minimum absolute atomic E-state index is 0. The van der Waals surface area contributed by atoms with Gasteiger partial charge in [0, 0.05) is 22.4 Å². The van der Waals surface area contributed by atoms with Gasteiger partial charge in [0.2, 0.25) is 0 Å². The monoisotopic (exact) mass is 289 g/mol. The molecule has 0 bridgehead atoms. The third-order valence-corrected chi connectivity index (χ3v) is 0. The molecular weight excluding hydrogens is 282 g/mol. The summed E-state index contributed by atoms with van der Waals surface area (Å²) in [5.41, 5.74) is 0. The van der Waals surface area contributed by atoms with Gasteiger partial charge in [-0.2, -0.15) is 0 Å². The van der Waals surface area contributed by atoms with Crippen molar-refractivity contribution in [3.63, 3.8) is 0 Å². The molecule has 4 heavy (non-hydrogen) atoms. The Morgan fingerprint density at radius 3 is 1.25 bits per heavy atom. The molecule has 0 aliphatic rings. The van der Waals surface area contributed by atoms with Crippen LogP contribution in [0.3, 0.4) is 0 Å². The molecule has 0 rings (SSSR count). The average molecular weight is 289 g/mol. The molecule has 0 heterocycles. The molecule has 3 radical (unpaired) electrons. The topological polar surface area (TPSA) is 0 Å². The van der Waals surface area contributed by atoms with Crippen LogP contribution in [0.25, 0.3) is 0 Å². The van der Waals surface area contributed by atoms with Crippen molar-refractivity contribution in [1.82, 2.24) is 0 Å². The van der Waals surface area contributed by atoms with Gasteiger partial charge in [-0.05, 0) is 0 Å². The first-order chi connectivity index (χ1) is 1.00. The van der Waals surface area contributed by atoms with Crippen molar-refractivity contribution in [2.45, 2.75) is 0 Å². The molecule has 29 valence electrons. The molecule has 4 heteroatoms. The second-order valence-electron chi connectivity index (χ2n) is 0. The van der Waals surface area contributed by atoms with Gasteiger partial charge in [0.15, 0.2) is 17.4 Å². The Morgan fingerprint density at radius 2 is 1.25 bits per heavy atom. The summed E-state index contributed by atoms with van der Waals surface area (Å²) < 4.78 is 0. The summed E-state index contributed by atoms with van der Waals surface area (Å²) in [6.45, 7) is 0. The summed E-state index contributed by atoms with van der Waals surface area (Å²) in [6, 6.07) is 0. The Labute approximate surface area is 68.3 Å². The van der Waals surface area contributed by atoms with E-state index in [2.05, 4.69) is 0 Å². The van der Waals surface area contributed by atoms with Crippen LogP contribution in [-0.4, -0.2) is 46.8 Å². The summed E-state index contributed by atoms with van der Waals surface area (Å²) in [5.74, 6) is 0. The van der Waals surface area contributed by atoms with Crippen LogP contribution in [0, 0.1) is 0 Å². The molecule has 0 saturated heterocycles. The van der Waals surface area contributed by atoms with Crippen molar-refractivity contribution in [1.29, 1.82) is 0 Å². The zero-order valence-corrected chi connectivity index (χ0v) is 8.66. The van der Waals surface area contributed by atoms with Crippen molar-refractivity contribution in [3.8, 4) is 0 Å². The van der Waals surface area contributed by atoms with Crippen molar-refractivity contribution in [2.24, 2.45) is 0 Å². The minimum atomic E-state index is 0. The Kier molecular flexibility index (Phi) is 75.5. The maximum atomic E-state index is 1.49. The van der Waals surface area contributed by atoms with Gasteiger partial charge in [0.25, 0.3) is 0 Å². The van der Waals surface area contributed by atoms with Crippen molar-refractivity contribution >= 4 is 46.8 Å². The first kappa shape index (κ1) is 16.3. The fraction of sp³-hybridized carbons (Fsp3) is 0. The predicted octanol–water partition coefficient (Wildman–Crippen LogP) is -3.02. The summed E-state index contributed by atoms with van der Waals surface area (Å²) in [7, 11) is 1.44. The summed E-state index contributed by atoms with van der Waals surface area (Å²) >= 11 is 1.49. The van der Waals surface area contributed by atoms with Crippen LogP contribution < -0.4 is 0 Å². The van der Waals surface area contributed by atoms with E-state index in [9.17, 15) is 0 Å². The fourth-order valence-corrected chi connectivity index (χ4v) is 0. The molecule has 0 atom stereocenters. The van der Waals surface area contributed by atoms with Crippen LogP contribution in [0.2, 0.25) is 0 Å². The predicted molar refractivity (Wildman–Crippen MR) is 27.0 cm³/mol. The molecule has 0 N–H and O–H groups in total. The normalized spacial score (nSPS) is 2.25. The molecule has 0 aliphatic carbocycles. The van der Waals surface area contributed by atoms with Crippen molar-refractivity contribution < 1.29 is 22.4 Å². The zero-order valence-electron chi connectivity index (χ0n) is 1.88. The quantitative estimate of drug-likeness (QED) is 0.417. The van der Waals surface area contributed by atoms with Crippen LogP contribution in [-0.2, 0) is 22.4 Å². The molecule has 0 aromatic carbocycles. The average Bonchev–Trinajstić information content (AvgIpc) is 1.00. The molecular formula is H7AgAlSiSn. The van der Waals surface area contributed by atoms with Gasteiger partial charge in [0.1, 0.15) is 0 Å². The molecule has 0 spiro atoms. The van der Waals surface area contributed by atoms with Crippen LogP contribution in [0.5, 0.6) is 0 Å². The van der Waals surface area contributed by atoms with Gasteiger partial charge >= 0.3 is 29.5 Å². The van der Waals surface area contributed by atoms with Gasteiger partial charge < -0.3 is 0 Å². The Hall–Kier alpha value is 2.29. The van der Waals surface area contributed by atoms with Crippen molar-refractivity contribution in [3.05, 3.63) is 0 Å². The van der Waals surface area contributed by atoms with Gasteiger partial charge in [-0.15, -0.1) is 0 Å². The Bertz CT molecular complexity index is 8.00. The van der Waals surface area contributed by atoms with Gasteiger partial charge in [-0.25, -0.2) is 0 Å². The fourth-order valence-electron chi connectivity index (χ4n) is 0. The maximum absolute atomic E-state index is 1.49. The van der Waals surface area contributed by atoms with E-state index in [4.69, 9.17) is 0 Å². The molecule has 0 aromatic heterocycles.